The van der Waals surface area contributed by atoms with Gasteiger partial charge >= 0.3 is 0 Å². The largest absolute Gasteiger partial charge is 0.492 e. The van der Waals surface area contributed by atoms with Crippen molar-refractivity contribution < 1.29 is 14.3 Å². The molecule has 0 radical (unpaired) electrons. The summed E-state index contributed by atoms with van der Waals surface area (Å²) in [4.78, 5) is 26.4. The van der Waals surface area contributed by atoms with Gasteiger partial charge in [-0.05, 0) is 36.6 Å². The highest BCUT2D eigenvalue weighted by Gasteiger charge is 2.26. The predicted molar refractivity (Wildman–Crippen MR) is 110 cm³/mol. The molecule has 146 valence electrons. The Morgan fingerprint density at radius 1 is 1.00 bits per heavy atom. The second-order valence-electron chi connectivity index (χ2n) is 6.80. The van der Waals surface area contributed by atoms with Crippen LogP contribution < -0.4 is 10.1 Å². The summed E-state index contributed by atoms with van der Waals surface area (Å²) < 4.78 is 5.58. The fourth-order valence-corrected chi connectivity index (χ4v) is 3.20. The fraction of sp³-hybridized carbons (Fsp3) is 0.304. The van der Waals surface area contributed by atoms with Crippen molar-refractivity contribution >= 4 is 17.9 Å². The molecule has 1 heterocycles. The van der Waals surface area contributed by atoms with Crippen LogP contribution in [0.1, 0.15) is 18.4 Å². The number of carbonyl (C=O) groups is 2. The Hall–Kier alpha value is -3.08. The van der Waals surface area contributed by atoms with Crippen molar-refractivity contribution in [2.45, 2.75) is 12.8 Å². The van der Waals surface area contributed by atoms with E-state index in [-0.39, 0.29) is 17.7 Å². The first kappa shape index (κ1) is 19.7. The SMILES string of the molecule is O=C(NCCOc1ccccc1)C1CCN(C(=O)/C=C/c2ccccc2)CC1. The van der Waals surface area contributed by atoms with Gasteiger partial charge in [0.2, 0.25) is 11.8 Å². The van der Waals surface area contributed by atoms with E-state index in [2.05, 4.69) is 5.32 Å². The molecule has 0 unspecified atom stereocenters. The minimum absolute atomic E-state index is 0.000952. The number of benzene rings is 2. The number of para-hydroxylation sites is 1. The van der Waals surface area contributed by atoms with Crippen molar-refractivity contribution in [2.75, 3.05) is 26.2 Å². The van der Waals surface area contributed by atoms with Gasteiger partial charge in [-0.15, -0.1) is 0 Å². The molecule has 2 aromatic rings. The molecular formula is C23H26N2O3. The quantitative estimate of drug-likeness (QED) is 0.595. The molecule has 1 N–H and O–H groups in total. The molecule has 0 atom stereocenters. The first-order valence-electron chi connectivity index (χ1n) is 9.70. The minimum atomic E-state index is -0.0427. The molecule has 2 amide bonds. The van der Waals surface area contributed by atoms with Gasteiger partial charge in [-0.3, -0.25) is 9.59 Å². The molecule has 2 aromatic carbocycles. The predicted octanol–water partition coefficient (Wildman–Crippen LogP) is 3.13. The Morgan fingerprint density at radius 3 is 2.32 bits per heavy atom. The van der Waals surface area contributed by atoms with Gasteiger partial charge in [0, 0.05) is 25.1 Å². The number of hydrogen-bond acceptors (Lipinski definition) is 3. The molecule has 0 aliphatic carbocycles. The molecule has 1 aliphatic heterocycles. The number of nitrogens with zero attached hydrogens (tertiary/aromatic N) is 1. The van der Waals surface area contributed by atoms with E-state index in [4.69, 9.17) is 4.74 Å². The number of nitrogens with one attached hydrogen (secondary N) is 1. The lowest BCUT2D eigenvalue weighted by Crippen LogP contribution is -2.43. The van der Waals surface area contributed by atoms with Crippen LogP contribution >= 0.6 is 0 Å². The van der Waals surface area contributed by atoms with Crippen molar-refractivity contribution in [3.8, 4) is 5.75 Å². The van der Waals surface area contributed by atoms with Gasteiger partial charge in [-0.25, -0.2) is 0 Å². The summed E-state index contributed by atoms with van der Waals surface area (Å²) in [5.41, 5.74) is 1.00. The Morgan fingerprint density at radius 2 is 1.64 bits per heavy atom. The third-order valence-corrected chi connectivity index (χ3v) is 4.81. The summed E-state index contributed by atoms with van der Waals surface area (Å²) in [6.07, 6.45) is 4.82. The van der Waals surface area contributed by atoms with Crippen LogP contribution in [-0.2, 0) is 9.59 Å². The Kier molecular flexibility index (Phi) is 7.24. The second-order valence-corrected chi connectivity index (χ2v) is 6.80. The van der Waals surface area contributed by atoms with Gasteiger partial charge in [0.15, 0.2) is 0 Å². The van der Waals surface area contributed by atoms with Gasteiger partial charge in [-0.2, -0.15) is 0 Å². The van der Waals surface area contributed by atoms with Gasteiger partial charge in [0.1, 0.15) is 12.4 Å². The lowest BCUT2D eigenvalue weighted by molar-refractivity contribution is -0.132. The topological polar surface area (TPSA) is 58.6 Å². The van der Waals surface area contributed by atoms with Gasteiger partial charge in [-0.1, -0.05) is 48.5 Å². The summed E-state index contributed by atoms with van der Waals surface area (Å²) in [5, 5.41) is 2.93. The summed E-state index contributed by atoms with van der Waals surface area (Å²) in [7, 11) is 0. The molecule has 1 saturated heterocycles. The van der Waals surface area contributed by atoms with Crippen LogP contribution in [0, 0.1) is 5.92 Å². The van der Waals surface area contributed by atoms with E-state index in [9.17, 15) is 9.59 Å². The molecular weight excluding hydrogens is 352 g/mol. The highest BCUT2D eigenvalue weighted by molar-refractivity contribution is 5.92. The maximum absolute atomic E-state index is 12.3. The van der Waals surface area contributed by atoms with Gasteiger partial charge in [0.05, 0.1) is 6.54 Å². The van der Waals surface area contributed by atoms with Gasteiger partial charge in [0.25, 0.3) is 0 Å². The van der Waals surface area contributed by atoms with Crippen LogP contribution in [0.4, 0.5) is 0 Å². The normalized spacial score (nSPS) is 14.8. The number of carbonyl (C=O) groups excluding carboxylic acids is 2. The average molecular weight is 378 g/mol. The molecule has 5 nitrogen and oxygen atoms in total. The van der Waals surface area contributed by atoms with E-state index in [0.717, 1.165) is 11.3 Å². The van der Waals surface area contributed by atoms with Crippen LogP contribution in [0.5, 0.6) is 5.75 Å². The lowest BCUT2D eigenvalue weighted by Gasteiger charge is -2.30. The maximum atomic E-state index is 12.3. The summed E-state index contributed by atoms with van der Waals surface area (Å²) in [5.74, 6) is 0.800. The number of hydrogen-bond donors (Lipinski definition) is 1. The zero-order valence-electron chi connectivity index (χ0n) is 15.9. The third-order valence-electron chi connectivity index (χ3n) is 4.81. The summed E-state index contributed by atoms with van der Waals surface area (Å²) in [6.45, 7) is 2.14. The van der Waals surface area contributed by atoms with Gasteiger partial charge < -0.3 is 15.0 Å². The molecule has 0 saturated carbocycles. The monoisotopic (exact) mass is 378 g/mol. The van der Waals surface area contributed by atoms with E-state index in [1.54, 1.807) is 6.08 Å². The molecule has 3 rings (SSSR count). The van der Waals surface area contributed by atoms with Crippen molar-refractivity contribution in [2.24, 2.45) is 5.92 Å². The molecule has 0 spiro atoms. The minimum Gasteiger partial charge on any atom is -0.492 e. The zero-order chi connectivity index (χ0) is 19.6. The van der Waals surface area contributed by atoms with Crippen LogP contribution in [0.25, 0.3) is 6.08 Å². The van der Waals surface area contributed by atoms with Crippen LogP contribution in [-0.4, -0.2) is 43.0 Å². The fourth-order valence-electron chi connectivity index (χ4n) is 3.20. The van der Waals surface area contributed by atoms with E-state index < -0.39 is 0 Å². The van der Waals surface area contributed by atoms with Crippen molar-refractivity contribution in [3.05, 3.63) is 72.3 Å². The highest BCUT2D eigenvalue weighted by Crippen LogP contribution is 2.18. The number of rotatable bonds is 7. The van der Waals surface area contributed by atoms with Crippen LogP contribution in [0.2, 0.25) is 0 Å². The van der Waals surface area contributed by atoms with E-state index >= 15 is 0 Å². The second kappa shape index (κ2) is 10.3. The maximum Gasteiger partial charge on any atom is 0.246 e. The molecule has 0 aromatic heterocycles. The molecule has 5 heteroatoms. The number of piperidine rings is 1. The summed E-state index contributed by atoms with van der Waals surface area (Å²) in [6, 6.07) is 19.3. The van der Waals surface area contributed by atoms with Crippen molar-refractivity contribution in [3.63, 3.8) is 0 Å². The Bertz CT molecular complexity index is 782. The molecule has 0 bridgehead atoms. The van der Waals surface area contributed by atoms with E-state index in [1.165, 1.54) is 0 Å². The molecule has 1 fully saturated rings. The standard InChI is InChI=1S/C23H26N2O3/c26-22(12-11-19-7-3-1-4-8-19)25-16-13-20(14-17-25)23(27)24-15-18-28-21-9-5-2-6-10-21/h1-12,20H,13-18H2,(H,24,27)/b12-11+. The van der Waals surface area contributed by atoms with Crippen LogP contribution in [0.15, 0.2) is 66.7 Å². The average Bonchev–Trinajstić information content (AvgIpc) is 2.76. The third kappa shape index (κ3) is 5.98. The van der Waals surface area contributed by atoms with E-state index in [0.29, 0.717) is 39.1 Å². The van der Waals surface area contributed by atoms with E-state index in [1.807, 2.05) is 71.6 Å². The number of amides is 2. The smallest absolute Gasteiger partial charge is 0.246 e. The zero-order valence-corrected chi connectivity index (χ0v) is 15.9. The van der Waals surface area contributed by atoms with Crippen molar-refractivity contribution in [1.29, 1.82) is 0 Å². The Labute approximate surface area is 166 Å². The molecule has 1 aliphatic rings. The summed E-state index contributed by atoms with van der Waals surface area (Å²) >= 11 is 0. The number of likely N-dealkylation sites (tertiary alicyclic amines) is 1. The first-order valence-corrected chi connectivity index (χ1v) is 9.70. The Balaban J connectivity index is 1.35. The first-order chi connectivity index (χ1) is 13.7. The van der Waals surface area contributed by atoms with Crippen LogP contribution in [0.3, 0.4) is 0 Å². The molecule has 28 heavy (non-hydrogen) atoms. The van der Waals surface area contributed by atoms with Crippen molar-refractivity contribution in [1.82, 2.24) is 10.2 Å². The highest BCUT2D eigenvalue weighted by atomic mass is 16.5. The number of ether oxygens (including phenoxy) is 1. The lowest BCUT2D eigenvalue weighted by atomic mass is 9.96.